The molecule has 92 valence electrons. The largest absolute Gasteiger partial charge is 0.375 e. The van der Waals surface area contributed by atoms with Gasteiger partial charge in [-0.1, -0.05) is 22.0 Å². The maximum absolute atomic E-state index is 12.4. The maximum atomic E-state index is 12.4. The number of benzene rings is 1. The molecule has 0 aromatic heterocycles. The Morgan fingerprint density at radius 3 is 3.00 bits per heavy atom. The summed E-state index contributed by atoms with van der Waals surface area (Å²) in [5.41, 5.74) is 1.77. The average Bonchev–Trinajstić information content (AvgIpc) is 2.32. The van der Waals surface area contributed by atoms with Crippen molar-refractivity contribution in [3.05, 3.63) is 33.8 Å². The van der Waals surface area contributed by atoms with E-state index < -0.39 is 0 Å². The van der Waals surface area contributed by atoms with Gasteiger partial charge >= 0.3 is 0 Å². The van der Waals surface area contributed by atoms with Gasteiger partial charge in [-0.2, -0.15) is 0 Å². The van der Waals surface area contributed by atoms with Crippen LogP contribution in [-0.4, -0.2) is 36.6 Å². The van der Waals surface area contributed by atoms with Gasteiger partial charge in [0.1, 0.15) is 0 Å². The van der Waals surface area contributed by atoms with E-state index in [1.54, 1.807) is 0 Å². The highest BCUT2D eigenvalue weighted by Gasteiger charge is 2.23. The zero-order valence-electron chi connectivity index (χ0n) is 10.1. The number of hydrogen-bond acceptors (Lipinski definition) is 2. The number of rotatable bonds is 1. The second-order valence-corrected chi connectivity index (χ2v) is 5.20. The van der Waals surface area contributed by atoms with E-state index in [1.807, 2.05) is 36.9 Å². The van der Waals surface area contributed by atoms with Gasteiger partial charge in [-0.25, -0.2) is 0 Å². The van der Waals surface area contributed by atoms with E-state index in [1.165, 1.54) is 0 Å². The molecule has 1 atom stereocenters. The highest BCUT2D eigenvalue weighted by Crippen LogP contribution is 2.21. The van der Waals surface area contributed by atoms with Crippen LogP contribution >= 0.6 is 15.9 Å². The summed E-state index contributed by atoms with van der Waals surface area (Å²) in [6.07, 6.45) is 0.125. The summed E-state index contributed by atoms with van der Waals surface area (Å²) >= 11 is 3.45. The minimum Gasteiger partial charge on any atom is -0.375 e. The van der Waals surface area contributed by atoms with Gasteiger partial charge in [0.2, 0.25) is 0 Å². The molecule has 1 saturated heterocycles. The quantitative estimate of drug-likeness (QED) is 0.797. The molecule has 2 rings (SSSR count). The Bertz CT molecular complexity index is 433. The fourth-order valence-electron chi connectivity index (χ4n) is 2.01. The molecule has 1 aliphatic rings. The molecular formula is C13H16BrNO2. The molecule has 1 unspecified atom stereocenters. The summed E-state index contributed by atoms with van der Waals surface area (Å²) < 4.78 is 6.42. The molecule has 4 heteroatoms. The molecule has 0 N–H and O–H groups in total. The molecule has 0 radical (unpaired) electrons. The summed E-state index contributed by atoms with van der Waals surface area (Å²) in [7, 11) is 0. The van der Waals surface area contributed by atoms with Gasteiger partial charge in [0.25, 0.3) is 5.91 Å². The minimum absolute atomic E-state index is 0.0963. The van der Waals surface area contributed by atoms with Crippen molar-refractivity contribution in [3.8, 4) is 0 Å². The fraction of sp³-hybridized carbons (Fsp3) is 0.462. The molecule has 1 aromatic carbocycles. The van der Waals surface area contributed by atoms with Gasteiger partial charge in [0, 0.05) is 23.1 Å². The maximum Gasteiger partial charge on any atom is 0.254 e. The Labute approximate surface area is 110 Å². The van der Waals surface area contributed by atoms with Crippen LogP contribution in [0, 0.1) is 6.92 Å². The number of morpholine rings is 1. The summed E-state index contributed by atoms with van der Waals surface area (Å²) in [6.45, 7) is 5.92. The van der Waals surface area contributed by atoms with Crippen LogP contribution in [0.5, 0.6) is 0 Å². The summed E-state index contributed by atoms with van der Waals surface area (Å²) in [5, 5.41) is 0. The smallest absolute Gasteiger partial charge is 0.254 e. The average molecular weight is 298 g/mol. The Kier molecular flexibility index (Phi) is 3.84. The standard InChI is InChI=1S/C13H16BrNO2/c1-9-8-15(6-7-17-9)13(16)11-4-3-5-12(14)10(11)2/h3-5,9H,6-8H2,1-2H3. The lowest BCUT2D eigenvalue weighted by atomic mass is 10.1. The molecule has 0 bridgehead atoms. The van der Waals surface area contributed by atoms with Crippen molar-refractivity contribution in [2.24, 2.45) is 0 Å². The van der Waals surface area contributed by atoms with Crippen molar-refractivity contribution in [1.29, 1.82) is 0 Å². The van der Waals surface area contributed by atoms with Crippen molar-refractivity contribution in [2.45, 2.75) is 20.0 Å². The minimum atomic E-state index is 0.0963. The first kappa shape index (κ1) is 12.6. The lowest BCUT2D eigenvalue weighted by Gasteiger charge is -2.31. The lowest BCUT2D eigenvalue weighted by molar-refractivity contribution is -0.0124. The highest BCUT2D eigenvalue weighted by molar-refractivity contribution is 9.10. The van der Waals surface area contributed by atoms with Crippen LogP contribution < -0.4 is 0 Å². The van der Waals surface area contributed by atoms with E-state index in [9.17, 15) is 4.79 Å². The monoisotopic (exact) mass is 297 g/mol. The van der Waals surface area contributed by atoms with Crippen LogP contribution in [0.3, 0.4) is 0 Å². The zero-order valence-corrected chi connectivity index (χ0v) is 11.7. The van der Waals surface area contributed by atoms with E-state index in [-0.39, 0.29) is 12.0 Å². The number of carbonyl (C=O) groups excluding carboxylic acids is 1. The third-order valence-electron chi connectivity index (χ3n) is 3.03. The lowest BCUT2D eigenvalue weighted by Crippen LogP contribution is -2.44. The highest BCUT2D eigenvalue weighted by atomic mass is 79.9. The van der Waals surface area contributed by atoms with Crippen molar-refractivity contribution < 1.29 is 9.53 Å². The van der Waals surface area contributed by atoms with Crippen molar-refractivity contribution in [1.82, 2.24) is 4.90 Å². The van der Waals surface area contributed by atoms with E-state index in [0.29, 0.717) is 19.7 Å². The number of carbonyl (C=O) groups is 1. The summed E-state index contributed by atoms with van der Waals surface area (Å²) in [4.78, 5) is 14.2. The van der Waals surface area contributed by atoms with Gasteiger partial charge in [-0.15, -0.1) is 0 Å². The van der Waals surface area contributed by atoms with Crippen molar-refractivity contribution >= 4 is 21.8 Å². The van der Waals surface area contributed by atoms with E-state index in [0.717, 1.165) is 15.6 Å². The molecule has 1 amide bonds. The number of nitrogens with zero attached hydrogens (tertiary/aromatic N) is 1. The van der Waals surface area contributed by atoms with Gasteiger partial charge < -0.3 is 9.64 Å². The predicted octanol–water partition coefficient (Wildman–Crippen LogP) is 2.62. The van der Waals surface area contributed by atoms with Gasteiger partial charge in [0.15, 0.2) is 0 Å². The van der Waals surface area contributed by atoms with E-state index in [2.05, 4.69) is 15.9 Å². The first-order chi connectivity index (χ1) is 8.09. The summed E-state index contributed by atoms with van der Waals surface area (Å²) in [6, 6.07) is 5.73. The molecule has 0 saturated carbocycles. The Hall–Kier alpha value is -0.870. The Balaban J connectivity index is 2.22. The third kappa shape index (κ3) is 2.69. The van der Waals surface area contributed by atoms with Gasteiger partial charge in [-0.05, 0) is 31.5 Å². The normalized spacial score (nSPS) is 20.4. The number of amides is 1. The van der Waals surface area contributed by atoms with Crippen LogP contribution in [0.1, 0.15) is 22.8 Å². The third-order valence-corrected chi connectivity index (χ3v) is 3.89. The summed E-state index contributed by atoms with van der Waals surface area (Å²) in [5.74, 6) is 0.0963. The number of ether oxygens (including phenoxy) is 1. The predicted molar refractivity (Wildman–Crippen MR) is 70.2 cm³/mol. The topological polar surface area (TPSA) is 29.5 Å². The molecule has 3 nitrogen and oxygen atoms in total. The van der Waals surface area contributed by atoms with Crippen LogP contribution in [0.15, 0.2) is 22.7 Å². The molecule has 0 spiro atoms. The zero-order chi connectivity index (χ0) is 12.4. The van der Waals surface area contributed by atoms with Gasteiger partial charge in [-0.3, -0.25) is 4.79 Å². The Morgan fingerprint density at radius 1 is 1.53 bits per heavy atom. The van der Waals surface area contributed by atoms with Crippen LogP contribution in [0.2, 0.25) is 0 Å². The first-order valence-electron chi connectivity index (χ1n) is 5.75. The number of halogens is 1. The first-order valence-corrected chi connectivity index (χ1v) is 6.55. The molecule has 1 fully saturated rings. The van der Waals surface area contributed by atoms with Crippen LogP contribution in [0.4, 0.5) is 0 Å². The van der Waals surface area contributed by atoms with Crippen LogP contribution in [0.25, 0.3) is 0 Å². The molecular weight excluding hydrogens is 282 g/mol. The molecule has 1 aliphatic heterocycles. The molecule has 17 heavy (non-hydrogen) atoms. The van der Waals surface area contributed by atoms with E-state index in [4.69, 9.17) is 4.74 Å². The molecule has 1 aromatic rings. The van der Waals surface area contributed by atoms with Crippen molar-refractivity contribution in [2.75, 3.05) is 19.7 Å². The van der Waals surface area contributed by atoms with E-state index >= 15 is 0 Å². The fourth-order valence-corrected chi connectivity index (χ4v) is 2.38. The number of hydrogen-bond donors (Lipinski definition) is 0. The van der Waals surface area contributed by atoms with Crippen LogP contribution in [-0.2, 0) is 4.74 Å². The molecule has 1 heterocycles. The van der Waals surface area contributed by atoms with Gasteiger partial charge in [0.05, 0.1) is 12.7 Å². The van der Waals surface area contributed by atoms with Crippen molar-refractivity contribution in [3.63, 3.8) is 0 Å². The SMILES string of the molecule is Cc1c(Br)cccc1C(=O)N1CCOC(C)C1. The second kappa shape index (κ2) is 5.19. The second-order valence-electron chi connectivity index (χ2n) is 4.34. The Morgan fingerprint density at radius 2 is 2.29 bits per heavy atom. The molecule has 0 aliphatic carbocycles.